The monoisotopic (exact) mass is 297 g/mol. The Morgan fingerprint density at radius 3 is 2.65 bits per heavy atom. The molecule has 1 aliphatic rings. The van der Waals surface area contributed by atoms with Crippen LogP contribution in [-0.2, 0) is 15.5 Å². The number of rotatable bonds is 2. The molecular formula is C13H19N3O3S. The van der Waals surface area contributed by atoms with Gasteiger partial charge in [0.1, 0.15) is 5.60 Å². The smallest absolute Gasteiger partial charge is 0.410 e. The van der Waals surface area contributed by atoms with E-state index in [0.29, 0.717) is 24.7 Å². The largest absolute Gasteiger partial charge is 0.444 e. The predicted octanol–water partition coefficient (Wildman–Crippen LogP) is 1.59. The van der Waals surface area contributed by atoms with Gasteiger partial charge in [-0.15, -0.1) is 0 Å². The number of ether oxygens (including phenoxy) is 1. The van der Waals surface area contributed by atoms with Gasteiger partial charge in [-0.2, -0.15) is 0 Å². The molecule has 0 N–H and O–H groups in total. The number of likely N-dealkylation sites (tertiary alicyclic amines) is 1. The SMILES string of the molecule is CC(C)(C)OC(=O)N1CC[C@H](S(=O)c2ncccn2)C1. The molecule has 0 bridgehead atoms. The van der Waals surface area contributed by atoms with Crippen molar-refractivity contribution in [3.05, 3.63) is 18.5 Å². The second-order valence-corrected chi connectivity index (χ2v) is 7.29. The zero-order valence-electron chi connectivity index (χ0n) is 11.9. The van der Waals surface area contributed by atoms with Gasteiger partial charge in [-0.05, 0) is 33.3 Å². The summed E-state index contributed by atoms with van der Waals surface area (Å²) in [5.41, 5.74) is -0.517. The third-order valence-electron chi connectivity index (χ3n) is 2.82. The minimum Gasteiger partial charge on any atom is -0.444 e. The second kappa shape index (κ2) is 5.87. The van der Waals surface area contributed by atoms with Crippen LogP contribution < -0.4 is 0 Å². The molecule has 7 heteroatoms. The molecule has 1 amide bonds. The average Bonchev–Trinajstić information content (AvgIpc) is 2.86. The molecule has 6 nitrogen and oxygen atoms in total. The van der Waals surface area contributed by atoms with Crippen LogP contribution in [0, 0.1) is 0 Å². The van der Waals surface area contributed by atoms with Gasteiger partial charge in [-0.25, -0.2) is 14.8 Å². The van der Waals surface area contributed by atoms with Gasteiger partial charge in [-0.1, -0.05) is 0 Å². The summed E-state index contributed by atoms with van der Waals surface area (Å²) in [6.45, 7) is 6.45. The van der Waals surface area contributed by atoms with Gasteiger partial charge in [-0.3, -0.25) is 4.21 Å². The lowest BCUT2D eigenvalue weighted by Gasteiger charge is -2.24. The number of nitrogens with zero attached hydrogens (tertiary/aromatic N) is 3. The van der Waals surface area contributed by atoms with Crippen molar-refractivity contribution in [2.45, 2.75) is 43.2 Å². The lowest BCUT2D eigenvalue weighted by molar-refractivity contribution is 0.0295. The van der Waals surface area contributed by atoms with Crippen LogP contribution in [0.5, 0.6) is 0 Å². The highest BCUT2D eigenvalue weighted by Crippen LogP contribution is 2.20. The van der Waals surface area contributed by atoms with Gasteiger partial charge in [0.15, 0.2) is 0 Å². The Kier molecular flexibility index (Phi) is 4.37. The highest BCUT2D eigenvalue weighted by molar-refractivity contribution is 7.85. The molecule has 0 aliphatic carbocycles. The summed E-state index contributed by atoms with van der Waals surface area (Å²) >= 11 is 0. The van der Waals surface area contributed by atoms with Gasteiger partial charge in [0.05, 0.1) is 16.0 Å². The molecule has 1 aromatic heterocycles. The molecule has 0 saturated carbocycles. The minimum absolute atomic E-state index is 0.134. The fourth-order valence-corrected chi connectivity index (χ4v) is 3.20. The van der Waals surface area contributed by atoms with Crippen LogP contribution in [0.4, 0.5) is 4.79 Å². The number of carbonyl (C=O) groups excluding carboxylic acids is 1. The highest BCUT2D eigenvalue weighted by atomic mass is 32.2. The van der Waals surface area contributed by atoms with E-state index in [1.165, 1.54) is 0 Å². The molecule has 110 valence electrons. The molecular weight excluding hydrogens is 278 g/mol. The van der Waals surface area contributed by atoms with Gasteiger partial charge in [0.2, 0.25) is 5.16 Å². The van der Waals surface area contributed by atoms with Crippen molar-refractivity contribution in [2.75, 3.05) is 13.1 Å². The minimum atomic E-state index is -1.29. The van der Waals surface area contributed by atoms with Crippen LogP contribution in [0.2, 0.25) is 0 Å². The van der Waals surface area contributed by atoms with Crippen molar-refractivity contribution in [2.24, 2.45) is 0 Å². The first kappa shape index (κ1) is 14.9. The van der Waals surface area contributed by atoms with Gasteiger partial charge in [0.25, 0.3) is 0 Å². The summed E-state index contributed by atoms with van der Waals surface area (Å²) in [4.78, 5) is 21.5. The predicted molar refractivity (Wildman–Crippen MR) is 74.7 cm³/mol. The van der Waals surface area contributed by atoms with E-state index < -0.39 is 16.4 Å². The van der Waals surface area contributed by atoms with Crippen LogP contribution in [-0.4, -0.2) is 49.1 Å². The Morgan fingerprint density at radius 1 is 1.40 bits per heavy atom. The van der Waals surface area contributed by atoms with Crippen molar-refractivity contribution in [1.29, 1.82) is 0 Å². The maximum Gasteiger partial charge on any atom is 0.410 e. The van der Waals surface area contributed by atoms with Crippen LogP contribution in [0.25, 0.3) is 0 Å². The molecule has 0 aromatic carbocycles. The van der Waals surface area contributed by atoms with Gasteiger partial charge >= 0.3 is 6.09 Å². The van der Waals surface area contributed by atoms with E-state index in [1.807, 2.05) is 20.8 Å². The molecule has 1 aromatic rings. The Bertz CT molecular complexity index is 501. The molecule has 2 heterocycles. The summed E-state index contributed by atoms with van der Waals surface area (Å²) in [6.07, 6.45) is 3.46. The standard InChI is InChI=1S/C13H19N3O3S/c1-13(2,3)19-12(17)16-8-5-10(9-16)20(18)11-14-6-4-7-15-11/h4,6-7,10H,5,8-9H2,1-3H3/t10-,20?/m0/s1. The number of aromatic nitrogens is 2. The topological polar surface area (TPSA) is 72.4 Å². The quantitative estimate of drug-likeness (QED) is 0.775. The van der Waals surface area contributed by atoms with Crippen molar-refractivity contribution >= 4 is 16.9 Å². The molecule has 0 spiro atoms. The number of hydrogen-bond donors (Lipinski definition) is 0. The molecule has 1 fully saturated rings. The molecule has 1 unspecified atom stereocenters. The van der Waals surface area contributed by atoms with E-state index in [-0.39, 0.29) is 11.3 Å². The molecule has 1 aliphatic heterocycles. The van der Waals surface area contributed by atoms with Gasteiger partial charge < -0.3 is 9.64 Å². The molecule has 2 atom stereocenters. The Morgan fingerprint density at radius 2 is 2.05 bits per heavy atom. The summed E-state index contributed by atoms with van der Waals surface area (Å²) in [6, 6.07) is 1.68. The summed E-state index contributed by atoms with van der Waals surface area (Å²) < 4.78 is 17.6. The van der Waals surface area contributed by atoms with E-state index in [2.05, 4.69) is 9.97 Å². The molecule has 20 heavy (non-hydrogen) atoms. The summed E-state index contributed by atoms with van der Waals surface area (Å²) in [5, 5.41) is 0.188. The van der Waals surface area contributed by atoms with E-state index in [4.69, 9.17) is 4.74 Å². The van der Waals surface area contributed by atoms with Crippen LogP contribution in [0.15, 0.2) is 23.6 Å². The first-order valence-electron chi connectivity index (χ1n) is 6.52. The fourth-order valence-electron chi connectivity index (χ4n) is 1.93. The third-order valence-corrected chi connectivity index (χ3v) is 4.38. The van der Waals surface area contributed by atoms with E-state index in [1.54, 1.807) is 23.4 Å². The summed E-state index contributed by atoms with van der Waals surface area (Å²) in [7, 11) is -1.29. The number of hydrogen-bond acceptors (Lipinski definition) is 5. The molecule has 2 rings (SSSR count). The van der Waals surface area contributed by atoms with Crippen LogP contribution in [0.1, 0.15) is 27.2 Å². The van der Waals surface area contributed by atoms with Crippen molar-refractivity contribution in [3.63, 3.8) is 0 Å². The second-order valence-electron chi connectivity index (χ2n) is 5.67. The van der Waals surface area contributed by atoms with Crippen LogP contribution in [0.3, 0.4) is 0 Å². The maximum atomic E-state index is 12.3. The first-order chi connectivity index (χ1) is 9.37. The number of amides is 1. The average molecular weight is 297 g/mol. The Balaban J connectivity index is 1.96. The van der Waals surface area contributed by atoms with Crippen molar-refractivity contribution < 1.29 is 13.7 Å². The van der Waals surface area contributed by atoms with E-state index in [0.717, 1.165) is 0 Å². The van der Waals surface area contributed by atoms with Gasteiger partial charge in [0, 0.05) is 25.5 Å². The normalized spacial score (nSPS) is 20.8. The lowest BCUT2D eigenvalue weighted by atomic mass is 10.2. The van der Waals surface area contributed by atoms with Crippen LogP contribution >= 0.6 is 0 Å². The fraction of sp³-hybridized carbons (Fsp3) is 0.615. The lowest BCUT2D eigenvalue weighted by Crippen LogP contribution is -2.36. The Labute approximate surface area is 121 Å². The Hall–Kier alpha value is -1.50. The van der Waals surface area contributed by atoms with Crippen molar-refractivity contribution in [3.8, 4) is 0 Å². The van der Waals surface area contributed by atoms with E-state index in [9.17, 15) is 9.00 Å². The number of carbonyl (C=O) groups is 1. The summed E-state index contributed by atoms with van der Waals surface area (Å²) in [5.74, 6) is 0. The third kappa shape index (κ3) is 3.75. The maximum absolute atomic E-state index is 12.3. The van der Waals surface area contributed by atoms with E-state index >= 15 is 0 Å². The zero-order chi connectivity index (χ0) is 14.8. The first-order valence-corrected chi connectivity index (χ1v) is 7.73. The molecule has 0 radical (unpaired) electrons. The zero-order valence-corrected chi connectivity index (χ0v) is 12.7. The highest BCUT2D eigenvalue weighted by Gasteiger charge is 2.34. The van der Waals surface area contributed by atoms with Crippen molar-refractivity contribution in [1.82, 2.24) is 14.9 Å². The molecule has 1 saturated heterocycles.